The number of ether oxygens (including phenoxy) is 1. The van der Waals surface area contributed by atoms with Crippen LogP contribution in [-0.4, -0.2) is 58.8 Å². The number of benzene rings is 1. The number of nitrogens with zero attached hydrogens (tertiary/aromatic N) is 5. The van der Waals surface area contributed by atoms with Crippen LogP contribution in [0.25, 0.3) is 5.57 Å². The molecule has 2 saturated heterocycles. The second-order valence-corrected chi connectivity index (χ2v) is 8.81. The molecule has 1 amide bonds. The van der Waals surface area contributed by atoms with Gasteiger partial charge in [0.2, 0.25) is 5.91 Å². The Labute approximate surface area is 191 Å². The second-order valence-electron chi connectivity index (χ2n) is 8.81. The van der Waals surface area contributed by atoms with Crippen molar-refractivity contribution in [2.45, 2.75) is 32.3 Å². The van der Waals surface area contributed by atoms with Crippen molar-refractivity contribution < 1.29 is 18.3 Å². The molecule has 0 saturated carbocycles. The Kier molecular flexibility index (Phi) is 6.18. The van der Waals surface area contributed by atoms with Crippen LogP contribution < -0.4 is 4.90 Å². The minimum absolute atomic E-state index is 0.0543. The number of carbonyl (C=O) groups excluding carboxylic acids is 1. The first-order chi connectivity index (χ1) is 16.0. The van der Waals surface area contributed by atoms with Crippen LogP contribution in [-0.2, 0) is 9.53 Å². The minimum Gasteiger partial charge on any atom is -0.357 e. The Bertz CT molecular complexity index is 1050. The quantitative estimate of drug-likeness (QED) is 0.703. The lowest BCUT2D eigenvalue weighted by Crippen LogP contribution is -2.49. The molecule has 2 aromatic rings. The van der Waals surface area contributed by atoms with E-state index < -0.39 is 17.7 Å². The molecule has 0 radical (unpaired) electrons. The number of anilines is 1. The number of hydrogen-bond donors (Lipinski definition) is 0. The standard InChI is InChI=1S/C24H27F2N5O2/c1-16-4-11-31(24(16)32)19-13-27-23(28-14-19)17-5-8-29(9-6-17)30-10-7-22(33-15-30)20-12-18(25)2-3-21(20)26/h2-3,5,12-14,16,22H,4,6-11,15H2,1H3. The number of halogens is 2. The van der Waals surface area contributed by atoms with Gasteiger partial charge in [0, 0.05) is 37.7 Å². The summed E-state index contributed by atoms with van der Waals surface area (Å²) in [6, 6.07) is 3.49. The molecule has 2 atom stereocenters. The molecule has 0 spiro atoms. The van der Waals surface area contributed by atoms with Gasteiger partial charge in [0.15, 0.2) is 5.82 Å². The monoisotopic (exact) mass is 455 g/mol. The predicted octanol–water partition coefficient (Wildman–Crippen LogP) is 3.55. The zero-order valence-electron chi connectivity index (χ0n) is 18.6. The van der Waals surface area contributed by atoms with E-state index in [-0.39, 0.29) is 17.4 Å². The maximum Gasteiger partial charge on any atom is 0.229 e. The van der Waals surface area contributed by atoms with Gasteiger partial charge in [0.25, 0.3) is 0 Å². The molecule has 1 aromatic carbocycles. The number of rotatable bonds is 4. The maximum atomic E-state index is 14.0. The lowest BCUT2D eigenvalue weighted by molar-refractivity contribution is -0.161. The van der Waals surface area contributed by atoms with Gasteiger partial charge in [-0.15, -0.1) is 0 Å². The number of amides is 1. The lowest BCUT2D eigenvalue weighted by Gasteiger charge is -2.40. The van der Waals surface area contributed by atoms with Gasteiger partial charge >= 0.3 is 0 Å². The van der Waals surface area contributed by atoms with Gasteiger partial charge in [-0.25, -0.2) is 28.8 Å². The Hall–Kier alpha value is -2.75. The summed E-state index contributed by atoms with van der Waals surface area (Å²) in [5.74, 6) is -0.0173. The number of hydrogen-bond acceptors (Lipinski definition) is 6. The van der Waals surface area contributed by atoms with Crippen LogP contribution in [0.4, 0.5) is 14.5 Å². The molecule has 174 valence electrons. The van der Waals surface area contributed by atoms with Crippen molar-refractivity contribution in [2.24, 2.45) is 5.92 Å². The van der Waals surface area contributed by atoms with Crippen molar-refractivity contribution in [3.63, 3.8) is 0 Å². The van der Waals surface area contributed by atoms with Gasteiger partial charge in [-0.1, -0.05) is 13.0 Å². The minimum atomic E-state index is -0.456. The number of hydrazine groups is 1. The summed E-state index contributed by atoms with van der Waals surface area (Å²) in [5.41, 5.74) is 2.11. The zero-order chi connectivity index (χ0) is 22.9. The molecule has 0 bridgehead atoms. The van der Waals surface area contributed by atoms with Crippen LogP contribution in [0.5, 0.6) is 0 Å². The third kappa shape index (κ3) is 4.53. The van der Waals surface area contributed by atoms with E-state index in [0.29, 0.717) is 38.6 Å². The predicted molar refractivity (Wildman–Crippen MR) is 119 cm³/mol. The van der Waals surface area contributed by atoms with Gasteiger partial charge in [0.1, 0.15) is 18.4 Å². The molecule has 3 aliphatic rings. The first kappa shape index (κ1) is 22.1. The largest absolute Gasteiger partial charge is 0.357 e. The molecule has 3 aliphatic heterocycles. The Balaban J connectivity index is 1.17. The van der Waals surface area contributed by atoms with Crippen LogP contribution in [0.3, 0.4) is 0 Å². The van der Waals surface area contributed by atoms with E-state index in [0.717, 1.165) is 42.8 Å². The topological polar surface area (TPSA) is 61.8 Å². The van der Waals surface area contributed by atoms with E-state index in [4.69, 9.17) is 4.74 Å². The SMILES string of the molecule is CC1CCN(c2cnc(C3=CCN(N4CCC(c5cc(F)ccc5F)OC4)CC3)nc2)C1=O. The fraction of sp³-hybridized carbons (Fsp3) is 0.458. The van der Waals surface area contributed by atoms with E-state index in [1.54, 1.807) is 17.3 Å². The summed E-state index contributed by atoms with van der Waals surface area (Å²) in [6.45, 7) is 5.19. The summed E-state index contributed by atoms with van der Waals surface area (Å²) in [7, 11) is 0. The summed E-state index contributed by atoms with van der Waals surface area (Å²) in [5, 5.41) is 4.30. The average molecular weight is 456 g/mol. The highest BCUT2D eigenvalue weighted by atomic mass is 19.1. The molecule has 0 aliphatic carbocycles. The van der Waals surface area contributed by atoms with E-state index in [9.17, 15) is 13.6 Å². The number of carbonyl (C=O) groups is 1. The van der Waals surface area contributed by atoms with E-state index >= 15 is 0 Å². The molecule has 1 aromatic heterocycles. The van der Waals surface area contributed by atoms with Crippen LogP contribution in [0.2, 0.25) is 0 Å². The smallest absolute Gasteiger partial charge is 0.229 e. The molecule has 4 heterocycles. The third-order valence-corrected chi connectivity index (χ3v) is 6.68. The molecule has 2 fully saturated rings. The van der Waals surface area contributed by atoms with Crippen LogP contribution in [0, 0.1) is 17.6 Å². The molecule has 5 rings (SSSR count). The molecule has 2 unspecified atom stereocenters. The normalized spacial score (nSPS) is 24.9. The van der Waals surface area contributed by atoms with Crippen molar-refractivity contribution in [2.75, 3.05) is 37.8 Å². The van der Waals surface area contributed by atoms with Crippen molar-refractivity contribution in [3.05, 3.63) is 59.7 Å². The average Bonchev–Trinajstić information content (AvgIpc) is 3.19. The highest BCUT2D eigenvalue weighted by molar-refractivity contribution is 5.96. The summed E-state index contributed by atoms with van der Waals surface area (Å²) in [4.78, 5) is 23.0. The van der Waals surface area contributed by atoms with Crippen molar-refractivity contribution in [1.29, 1.82) is 0 Å². The molecule has 9 heteroatoms. The molecule has 0 N–H and O–H groups in total. The Morgan fingerprint density at radius 3 is 2.52 bits per heavy atom. The van der Waals surface area contributed by atoms with Crippen molar-refractivity contribution >= 4 is 17.2 Å². The van der Waals surface area contributed by atoms with Gasteiger partial charge in [0.05, 0.1) is 24.2 Å². The highest BCUT2D eigenvalue weighted by Gasteiger charge is 2.30. The van der Waals surface area contributed by atoms with Gasteiger partial charge in [-0.3, -0.25) is 4.79 Å². The summed E-state index contributed by atoms with van der Waals surface area (Å²) >= 11 is 0. The highest BCUT2D eigenvalue weighted by Crippen LogP contribution is 2.30. The second kappa shape index (κ2) is 9.24. The van der Waals surface area contributed by atoms with Crippen molar-refractivity contribution in [1.82, 2.24) is 20.0 Å². The number of aromatic nitrogens is 2. The lowest BCUT2D eigenvalue weighted by atomic mass is 10.0. The zero-order valence-corrected chi connectivity index (χ0v) is 18.6. The molecular formula is C24H27F2N5O2. The Morgan fingerprint density at radius 2 is 1.88 bits per heavy atom. The van der Waals surface area contributed by atoms with Crippen LogP contribution in [0.1, 0.15) is 43.7 Å². The van der Waals surface area contributed by atoms with Gasteiger partial charge in [-0.2, -0.15) is 0 Å². The van der Waals surface area contributed by atoms with Gasteiger partial charge in [-0.05, 0) is 43.0 Å². The maximum absolute atomic E-state index is 14.0. The first-order valence-electron chi connectivity index (χ1n) is 11.4. The van der Waals surface area contributed by atoms with E-state index in [2.05, 4.69) is 26.1 Å². The van der Waals surface area contributed by atoms with Gasteiger partial charge < -0.3 is 9.64 Å². The summed E-state index contributed by atoms with van der Waals surface area (Å²) in [6.07, 6.45) is 7.37. The molecular weight excluding hydrogens is 428 g/mol. The third-order valence-electron chi connectivity index (χ3n) is 6.68. The first-order valence-corrected chi connectivity index (χ1v) is 11.4. The molecule has 33 heavy (non-hydrogen) atoms. The fourth-order valence-electron chi connectivity index (χ4n) is 4.64. The fourth-order valence-corrected chi connectivity index (χ4v) is 4.64. The van der Waals surface area contributed by atoms with Crippen molar-refractivity contribution in [3.8, 4) is 0 Å². The van der Waals surface area contributed by atoms with E-state index in [1.807, 2.05) is 6.92 Å². The molecule has 7 nitrogen and oxygen atoms in total. The van der Waals surface area contributed by atoms with E-state index in [1.165, 1.54) is 6.07 Å². The Morgan fingerprint density at radius 1 is 1.06 bits per heavy atom. The van der Waals surface area contributed by atoms with Crippen LogP contribution in [0.15, 0.2) is 36.7 Å². The summed E-state index contributed by atoms with van der Waals surface area (Å²) < 4.78 is 33.4. The van der Waals surface area contributed by atoms with Crippen LogP contribution >= 0.6 is 0 Å².